The minimum absolute atomic E-state index is 0.0725. The molecule has 2 aromatic rings. The summed E-state index contributed by atoms with van der Waals surface area (Å²) < 4.78 is 21.1. The molecule has 1 unspecified atom stereocenters. The van der Waals surface area contributed by atoms with E-state index >= 15 is 0 Å². The second kappa shape index (κ2) is 5.96. The number of rotatable bonds is 5. The van der Waals surface area contributed by atoms with Gasteiger partial charge in [-0.15, -0.1) is 0 Å². The minimum atomic E-state index is -0.720. The molecular weight excluding hydrogens is 303 g/mol. The van der Waals surface area contributed by atoms with E-state index in [9.17, 15) is 14.3 Å². The van der Waals surface area contributed by atoms with E-state index in [1.165, 1.54) is 11.0 Å². The van der Waals surface area contributed by atoms with Crippen molar-refractivity contribution in [2.45, 2.75) is 19.1 Å². The number of aliphatic hydroxyl groups excluding tert-OH is 1. The third-order valence-electron chi connectivity index (χ3n) is 3.80. The highest BCUT2D eigenvalue weighted by atomic mass is 19.1. The summed E-state index contributed by atoms with van der Waals surface area (Å²) in [6.07, 6.45) is 2.42. The normalized spacial score (nSPS) is 16.1. The second-order valence-corrected chi connectivity index (χ2v) is 5.55. The maximum atomic E-state index is 13.9. The maximum Gasteiger partial charge on any atom is 0.209 e. The van der Waals surface area contributed by atoms with Gasteiger partial charge in [0.1, 0.15) is 6.10 Å². The van der Waals surface area contributed by atoms with Crippen molar-refractivity contribution in [3.05, 3.63) is 29.8 Å². The van der Waals surface area contributed by atoms with Gasteiger partial charge in [-0.05, 0) is 6.92 Å². The van der Waals surface area contributed by atoms with Gasteiger partial charge in [0, 0.05) is 18.7 Å². The number of nitrogens with zero attached hydrogens (tertiary/aromatic N) is 4. The molecule has 3 rings (SSSR count). The first-order valence-electron chi connectivity index (χ1n) is 7.21. The fourth-order valence-corrected chi connectivity index (χ4v) is 2.52. The number of carbonyl (C=O) groups excluding carboxylic acids is 1. The van der Waals surface area contributed by atoms with Gasteiger partial charge in [-0.3, -0.25) is 14.5 Å². The molecule has 1 saturated heterocycles. The lowest BCUT2D eigenvalue weighted by molar-refractivity contribution is -0.126. The standard InChI is InChI=1S/C15H17FN4O3/c1-9(22)11-4-18-19(2)15(11)13-3-14(12(16)5-17-13)23-10-6-20(7-10)8-21/h3-5,8-10,22H,6-7H2,1-2H3. The number of aliphatic hydroxyl groups is 1. The molecule has 8 heteroatoms. The van der Waals surface area contributed by atoms with Crippen molar-refractivity contribution in [3.63, 3.8) is 0 Å². The average molecular weight is 320 g/mol. The van der Waals surface area contributed by atoms with Crippen LogP contribution in [0.4, 0.5) is 4.39 Å². The van der Waals surface area contributed by atoms with Crippen molar-refractivity contribution < 1.29 is 19.0 Å². The first kappa shape index (κ1) is 15.4. The SMILES string of the molecule is CC(O)c1cnn(C)c1-c1cc(OC2CN(C=O)C2)c(F)cn1. The van der Waals surface area contributed by atoms with E-state index in [1.807, 2.05) is 0 Å². The van der Waals surface area contributed by atoms with Crippen LogP contribution >= 0.6 is 0 Å². The Morgan fingerprint density at radius 1 is 1.48 bits per heavy atom. The van der Waals surface area contributed by atoms with Crippen molar-refractivity contribution in [2.24, 2.45) is 7.05 Å². The lowest BCUT2D eigenvalue weighted by Crippen LogP contribution is -2.52. The lowest BCUT2D eigenvalue weighted by atomic mass is 10.1. The molecule has 0 aromatic carbocycles. The molecule has 0 bridgehead atoms. The van der Waals surface area contributed by atoms with Gasteiger partial charge in [-0.25, -0.2) is 4.39 Å². The Kier molecular flexibility index (Phi) is 3.99. The summed E-state index contributed by atoms with van der Waals surface area (Å²) in [5.41, 5.74) is 1.67. The van der Waals surface area contributed by atoms with E-state index in [2.05, 4.69) is 10.1 Å². The number of hydrogen-bond acceptors (Lipinski definition) is 5. The zero-order valence-electron chi connectivity index (χ0n) is 12.8. The third kappa shape index (κ3) is 2.89. The van der Waals surface area contributed by atoms with Gasteiger partial charge in [-0.2, -0.15) is 5.10 Å². The van der Waals surface area contributed by atoms with Crippen LogP contribution in [0.25, 0.3) is 11.4 Å². The van der Waals surface area contributed by atoms with Gasteiger partial charge in [0.25, 0.3) is 0 Å². The van der Waals surface area contributed by atoms with Crippen molar-refractivity contribution in [2.75, 3.05) is 13.1 Å². The highest BCUT2D eigenvalue weighted by molar-refractivity contribution is 5.61. The molecule has 2 aromatic heterocycles. The first-order chi connectivity index (χ1) is 11.0. The molecule has 1 aliphatic heterocycles. The number of aromatic nitrogens is 3. The zero-order valence-corrected chi connectivity index (χ0v) is 12.8. The van der Waals surface area contributed by atoms with Crippen molar-refractivity contribution in [1.29, 1.82) is 0 Å². The number of hydrogen-bond donors (Lipinski definition) is 1. The fourth-order valence-electron chi connectivity index (χ4n) is 2.52. The molecule has 1 aliphatic rings. The highest BCUT2D eigenvalue weighted by Gasteiger charge is 2.28. The van der Waals surface area contributed by atoms with E-state index in [1.54, 1.807) is 24.9 Å². The number of likely N-dealkylation sites (tertiary alicyclic amines) is 1. The van der Waals surface area contributed by atoms with Crippen molar-refractivity contribution in [3.8, 4) is 17.1 Å². The van der Waals surface area contributed by atoms with Gasteiger partial charge in [0.05, 0.1) is 43.0 Å². The van der Waals surface area contributed by atoms with Gasteiger partial charge in [-0.1, -0.05) is 0 Å². The summed E-state index contributed by atoms with van der Waals surface area (Å²) in [6, 6.07) is 1.49. The third-order valence-corrected chi connectivity index (χ3v) is 3.80. The zero-order chi connectivity index (χ0) is 16.6. The van der Waals surface area contributed by atoms with E-state index in [4.69, 9.17) is 4.74 Å². The van der Waals surface area contributed by atoms with Crippen LogP contribution in [0, 0.1) is 5.82 Å². The molecule has 0 aliphatic carbocycles. The van der Waals surface area contributed by atoms with Crippen LogP contribution in [0.2, 0.25) is 0 Å². The van der Waals surface area contributed by atoms with E-state index in [-0.39, 0.29) is 11.9 Å². The second-order valence-electron chi connectivity index (χ2n) is 5.55. The number of halogens is 1. The maximum absolute atomic E-state index is 13.9. The summed E-state index contributed by atoms with van der Waals surface area (Å²) >= 11 is 0. The Hall–Kier alpha value is -2.48. The van der Waals surface area contributed by atoms with Crippen LogP contribution in [0.5, 0.6) is 5.75 Å². The molecule has 3 heterocycles. The van der Waals surface area contributed by atoms with Crippen LogP contribution in [-0.4, -0.2) is 50.4 Å². The molecule has 1 amide bonds. The summed E-state index contributed by atoms with van der Waals surface area (Å²) in [5, 5.41) is 13.9. The molecule has 0 spiro atoms. The summed E-state index contributed by atoms with van der Waals surface area (Å²) in [7, 11) is 1.72. The van der Waals surface area contributed by atoms with Crippen LogP contribution in [0.1, 0.15) is 18.6 Å². The molecule has 1 fully saturated rings. The lowest BCUT2D eigenvalue weighted by Gasteiger charge is -2.36. The fraction of sp³-hybridized carbons (Fsp3) is 0.400. The van der Waals surface area contributed by atoms with Gasteiger partial charge >= 0.3 is 0 Å². The molecule has 0 saturated carbocycles. The molecule has 1 atom stereocenters. The van der Waals surface area contributed by atoms with Gasteiger partial charge in [0.15, 0.2) is 11.6 Å². The number of amides is 1. The van der Waals surface area contributed by atoms with E-state index in [0.717, 1.165) is 12.6 Å². The van der Waals surface area contributed by atoms with Crippen LogP contribution in [0.3, 0.4) is 0 Å². The Labute approximate surface area is 132 Å². The van der Waals surface area contributed by atoms with Crippen LogP contribution < -0.4 is 4.74 Å². The van der Waals surface area contributed by atoms with Gasteiger partial charge < -0.3 is 14.7 Å². The number of carbonyl (C=O) groups is 1. The summed E-state index contributed by atoms with van der Waals surface area (Å²) in [5.74, 6) is -0.498. The first-order valence-corrected chi connectivity index (χ1v) is 7.21. The Balaban J connectivity index is 1.89. The Bertz CT molecular complexity index is 726. The average Bonchev–Trinajstić information content (AvgIpc) is 2.86. The number of pyridine rings is 1. The van der Waals surface area contributed by atoms with Crippen LogP contribution in [0.15, 0.2) is 18.5 Å². The molecule has 1 N–H and O–H groups in total. The summed E-state index contributed by atoms with van der Waals surface area (Å²) in [4.78, 5) is 16.2. The van der Waals surface area contributed by atoms with E-state index < -0.39 is 11.9 Å². The topological polar surface area (TPSA) is 80.5 Å². The molecule has 23 heavy (non-hydrogen) atoms. The highest BCUT2D eigenvalue weighted by Crippen LogP contribution is 2.30. The summed E-state index contributed by atoms with van der Waals surface area (Å²) in [6.45, 7) is 2.50. The van der Waals surface area contributed by atoms with Crippen LogP contribution in [-0.2, 0) is 11.8 Å². The smallest absolute Gasteiger partial charge is 0.209 e. The molecule has 7 nitrogen and oxygen atoms in total. The number of ether oxygens (including phenoxy) is 1. The predicted molar refractivity (Wildman–Crippen MR) is 79.1 cm³/mol. The van der Waals surface area contributed by atoms with Crippen molar-refractivity contribution in [1.82, 2.24) is 19.7 Å². The monoisotopic (exact) mass is 320 g/mol. The Morgan fingerprint density at radius 2 is 2.22 bits per heavy atom. The number of aryl methyl sites for hydroxylation is 1. The van der Waals surface area contributed by atoms with Gasteiger partial charge in [0.2, 0.25) is 6.41 Å². The quantitative estimate of drug-likeness (QED) is 0.828. The Morgan fingerprint density at radius 3 is 2.87 bits per heavy atom. The molecular formula is C15H17FN4O3. The minimum Gasteiger partial charge on any atom is -0.484 e. The largest absolute Gasteiger partial charge is 0.484 e. The molecule has 122 valence electrons. The molecule has 0 radical (unpaired) electrons. The predicted octanol–water partition coefficient (Wildman–Crippen LogP) is 0.894. The van der Waals surface area contributed by atoms with E-state index in [0.29, 0.717) is 30.0 Å². The van der Waals surface area contributed by atoms with Crippen molar-refractivity contribution >= 4 is 6.41 Å².